The highest BCUT2D eigenvalue weighted by Gasteiger charge is 2.23. The largest absolute Gasteiger partial charge is 0.457 e. The Morgan fingerprint density at radius 3 is 1.60 bits per heavy atom. The number of carbonyl (C=O) groups excluding carboxylic acids is 3. The molecule has 6 aromatic carbocycles. The number of hydrogen-bond acceptors (Lipinski definition) is 8. The van der Waals surface area contributed by atoms with Gasteiger partial charge in [-0.1, -0.05) is 67.2 Å². The van der Waals surface area contributed by atoms with E-state index in [1.807, 2.05) is 66.7 Å². The molecule has 0 amide bonds. The van der Waals surface area contributed by atoms with Crippen LogP contribution in [0.3, 0.4) is 0 Å². The summed E-state index contributed by atoms with van der Waals surface area (Å²) in [5.41, 5.74) is 2.35. The molecule has 0 heterocycles. The zero-order chi connectivity index (χ0) is 33.6. The molecule has 0 bridgehead atoms. The number of hydrogen-bond donors (Lipinski definition) is 0. The number of benzene rings is 6. The molecule has 0 aliphatic rings. The number of ether oxygens (including phenoxy) is 4. The Kier molecular flexibility index (Phi) is 8.94. The molecule has 234 valence electrons. The first kappa shape index (κ1) is 31.3. The minimum absolute atomic E-state index is 0.254. The van der Waals surface area contributed by atoms with Crippen molar-refractivity contribution in [2.75, 3.05) is 6.79 Å². The van der Waals surface area contributed by atoms with Gasteiger partial charge in [0, 0.05) is 16.7 Å². The van der Waals surface area contributed by atoms with Crippen molar-refractivity contribution >= 4 is 39.5 Å². The maximum Gasteiger partial charge on any atom is 0.343 e. The lowest BCUT2D eigenvalue weighted by Gasteiger charge is -2.19. The zero-order valence-corrected chi connectivity index (χ0v) is 25.8. The van der Waals surface area contributed by atoms with E-state index in [-0.39, 0.29) is 35.0 Å². The SMILES string of the molecule is C=C(C)C(=O)OCOc1ccc(C(=O)Oc2ccc3ccccc3c2-c2c(OC(=O)c3ccc(C#N)cc3)ccc3ccccc23)cc1. The highest BCUT2D eigenvalue weighted by Crippen LogP contribution is 2.46. The summed E-state index contributed by atoms with van der Waals surface area (Å²) in [5.74, 6) is -0.880. The van der Waals surface area contributed by atoms with Crippen LogP contribution in [-0.2, 0) is 9.53 Å². The topological polar surface area (TPSA) is 112 Å². The molecule has 8 nitrogen and oxygen atoms in total. The van der Waals surface area contributed by atoms with Crippen LogP contribution in [0.25, 0.3) is 32.7 Å². The minimum Gasteiger partial charge on any atom is -0.457 e. The summed E-state index contributed by atoms with van der Waals surface area (Å²) >= 11 is 0. The molecule has 0 aromatic heterocycles. The first-order chi connectivity index (χ1) is 23.3. The third-order valence-electron chi connectivity index (χ3n) is 7.54. The summed E-state index contributed by atoms with van der Waals surface area (Å²) < 4.78 is 22.5. The molecule has 8 heteroatoms. The van der Waals surface area contributed by atoms with Gasteiger partial charge in [0.05, 0.1) is 22.8 Å². The summed E-state index contributed by atoms with van der Waals surface area (Å²) in [5, 5.41) is 12.5. The summed E-state index contributed by atoms with van der Waals surface area (Å²) in [6.45, 7) is 4.76. The van der Waals surface area contributed by atoms with Crippen LogP contribution in [0.5, 0.6) is 17.2 Å². The fraction of sp³-hybridized carbons (Fsp3) is 0.0500. The van der Waals surface area contributed by atoms with E-state index in [9.17, 15) is 14.4 Å². The molecule has 0 aliphatic heterocycles. The first-order valence-corrected chi connectivity index (χ1v) is 14.9. The quantitative estimate of drug-likeness (QED) is 0.0675. The van der Waals surface area contributed by atoms with Crippen LogP contribution in [0.1, 0.15) is 33.2 Å². The van der Waals surface area contributed by atoms with Gasteiger partial charge in [-0.15, -0.1) is 0 Å². The van der Waals surface area contributed by atoms with Gasteiger partial charge in [0.2, 0.25) is 6.79 Å². The number of nitriles is 1. The Morgan fingerprint density at radius 2 is 1.12 bits per heavy atom. The van der Waals surface area contributed by atoms with Gasteiger partial charge in [-0.3, -0.25) is 0 Å². The number of esters is 3. The molecule has 0 aliphatic carbocycles. The van der Waals surface area contributed by atoms with Crippen molar-refractivity contribution in [3.63, 3.8) is 0 Å². The van der Waals surface area contributed by atoms with E-state index >= 15 is 0 Å². The van der Waals surface area contributed by atoms with Crippen LogP contribution in [0.15, 0.2) is 133 Å². The van der Waals surface area contributed by atoms with Crippen LogP contribution in [0.2, 0.25) is 0 Å². The van der Waals surface area contributed by atoms with Crippen LogP contribution in [0, 0.1) is 11.3 Å². The van der Waals surface area contributed by atoms with Gasteiger partial charge in [-0.2, -0.15) is 5.26 Å². The molecule has 6 aromatic rings. The monoisotopic (exact) mass is 633 g/mol. The van der Waals surface area contributed by atoms with Crippen molar-refractivity contribution in [3.05, 3.63) is 150 Å². The van der Waals surface area contributed by atoms with Crippen molar-refractivity contribution in [3.8, 4) is 34.4 Å². The van der Waals surface area contributed by atoms with Crippen LogP contribution < -0.4 is 14.2 Å². The molecule has 0 unspecified atom stereocenters. The third kappa shape index (κ3) is 6.62. The summed E-state index contributed by atoms with van der Waals surface area (Å²) in [6.07, 6.45) is 0. The second kappa shape index (κ2) is 13.7. The Hall–Kier alpha value is -6.72. The summed E-state index contributed by atoms with van der Waals surface area (Å²) in [6, 6.07) is 36.9. The molecule has 0 atom stereocenters. The smallest absolute Gasteiger partial charge is 0.343 e. The Bertz CT molecular complexity index is 2250. The molecular weight excluding hydrogens is 606 g/mol. The number of rotatable bonds is 9. The second-order valence-electron chi connectivity index (χ2n) is 10.8. The van der Waals surface area contributed by atoms with E-state index in [1.165, 1.54) is 19.1 Å². The fourth-order valence-electron chi connectivity index (χ4n) is 5.15. The lowest BCUT2D eigenvalue weighted by atomic mass is 9.92. The summed E-state index contributed by atoms with van der Waals surface area (Å²) in [7, 11) is 0. The molecular formula is C40H27NO7. The molecule has 6 rings (SSSR count). The average molecular weight is 634 g/mol. The van der Waals surface area contributed by atoms with Gasteiger partial charge < -0.3 is 18.9 Å². The van der Waals surface area contributed by atoms with E-state index in [4.69, 9.17) is 24.2 Å². The normalized spacial score (nSPS) is 10.6. The van der Waals surface area contributed by atoms with Gasteiger partial charge >= 0.3 is 17.9 Å². The van der Waals surface area contributed by atoms with Gasteiger partial charge in [0.25, 0.3) is 0 Å². The molecule has 0 radical (unpaired) electrons. The average Bonchev–Trinajstić information content (AvgIpc) is 3.12. The Labute approximate surface area is 276 Å². The highest BCUT2D eigenvalue weighted by atomic mass is 16.7. The van der Waals surface area contributed by atoms with E-state index in [0.29, 0.717) is 22.4 Å². The van der Waals surface area contributed by atoms with Crippen molar-refractivity contribution in [2.45, 2.75) is 6.92 Å². The first-order valence-electron chi connectivity index (χ1n) is 14.9. The van der Waals surface area contributed by atoms with Gasteiger partial charge in [-0.25, -0.2) is 14.4 Å². The predicted octanol–water partition coefficient (Wildman–Crippen LogP) is 8.43. The standard InChI is InChI=1S/C40H27NO7/c1-25(2)38(42)46-24-45-31-19-15-30(16-20-31)40(44)48-35-22-18-28-8-4-6-10-33(28)37(35)36-32-9-5-3-7-27(32)17-21-34(36)47-39(43)29-13-11-26(23-41)12-14-29/h3-22H,1,24H2,2H3. The van der Waals surface area contributed by atoms with Crippen LogP contribution >= 0.6 is 0 Å². The van der Waals surface area contributed by atoms with Crippen LogP contribution in [-0.4, -0.2) is 24.7 Å². The van der Waals surface area contributed by atoms with Crippen molar-refractivity contribution in [2.24, 2.45) is 0 Å². The molecule has 0 saturated heterocycles. The van der Waals surface area contributed by atoms with E-state index in [0.717, 1.165) is 21.5 Å². The van der Waals surface area contributed by atoms with Crippen molar-refractivity contribution < 1.29 is 33.3 Å². The number of nitrogens with zero attached hydrogens (tertiary/aromatic N) is 1. The fourth-order valence-corrected chi connectivity index (χ4v) is 5.15. The second-order valence-corrected chi connectivity index (χ2v) is 10.8. The molecule has 0 fully saturated rings. The third-order valence-corrected chi connectivity index (χ3v) is 7.54. The predicted molar refractivity (Wildman–Crippen MR) is 181 cm³/mol. The summed E-state index contributed by atoms with van der Waals surface area (Å²) in [4.78, 5) is 38.5. The molecule has 48 heavy (non-hydrogen) atoms. The minimum atomic E-state index is -0.622. The van der Waals surface area contributed by atoms with E-state index < -0.39 is 17.9 Å². The van der Waals surface area contributed by atoms with Gasteiger partial charge in [-0.05, 0) is 89.1 Å². The highest BCUT2D eigenvalue weighted by molar-refractivity contribution is 6.11. The lowest BCUT2D eigenvalue weighted by Crippen LogP contribution is -2.12. The Morgan fingerprint density at radius 1 is 0.646 bits per heavy atom. The maximum absolute atomic E-state index is 13.5. The number of fused-ring (bicyclic) bond motifs is 2. The molecule has 0 spiro atoms. The van der Waals surface area contributed by atoms with Gasteiger partial charge in [0.15, 0.2) is 0 Å². The molecule has 0 N–H and O–H groups in total. The van der Waals surface area contributed by atoms with Crippen molar-refractivity contribution in [1.82, 2.24) is 0 Å². The van der Waals surface area contributed by atoms with Gasteiger partial charge in [0.1, 0.15) is 17.2 Å². The lowest BCUT2D eigenvalue weighted by molar-refractivity contribution is -0.145. The van der Waals surface area contributed by atoms with Crippen molar-refractivity contribution in [1.29, 1.82) is 5.26 Å². The van der Waals surface area contributed by atoms with Crippen LogP contribution in [0.4, 0.5) is 0 Å². The van der Waals surface area contributed by atoms with E-state index in [2.05, 4.69) is 6.58 Å². The Balaban J connectivity index is 1.38. The number of carbonyl (C=O) groups is 3. The zero-order valence-electron chi connectivity index (χ0n) is 25.8. The molecule has 0 saturated carbocycles. The maximum atomic E-state index is 13.5. The van der Waals surface area contributed by atoms with E-state index in [1.54, 1.807) is 48.5 Å².